The molecule has 0 spiro atoms. The van der Waals surface area contributed by atoms with Crippen molar-refractivity contribution in [1.29, 1.82) is 0 Å². The van der Waals surface area contributed by atoms with Gasteiger partial charge in [-0.15, -0.1) is 0 Å². The molecule has 26 heavy (non-hydrogen) atoms. The predicted molar refractivity (Wildman–Crippen MR) is 103 cm³/mol. The second kappa shape index (κ2) is 8.41. The summed E-state index contributed by atoms with van der Waals surface area (Å²) in [5.74, 6) is 1.56. The van der Waals surface area contributed by atoms with Crippen LogP contribution in [0.4, 0.5) is 5.69 Å². The lowest BCUT2D eigenvalue weighted by Gasteiger charge is -2.16. The lowest BCUT2D eigenvalue weighted by molar-refractivity contribution is -0.122. The number of amides is 1. The summed E-state index contributed by atoms with van der Waals surface area (Å²) in [7, 11) is 0. The van der Waals surface area contributed by atoms with Crippen molar-refractivity contribution in [3.8, 4) is 17.2 Å². The SMILES string of the molecule is C[C@H](Oc1ccc(Cl)cc1)C(=O)Nc1ccccc1Oc1ccccc1. The first kappa shape index (κ1) is 17.8. The summed E-state index contributed by atoms with van der Waals surface area (Å²) in [6, 6.07) is 23.5. The molecule has 5 heteroatoms. The molecule has 0 bridgehead atoms. The van der Waals surface area contributed by atoms with Crippen molar-refractivity contribution < 1.29 is 14.3 Å². The van der Waals surface area contributed by atoms with Crippen molar-refractivity contribution in [3.05, 3.63) is 83.9 Å². The normalized spacial score (nSPS) is 11.5. The van der Waals surface area contributed by atoms with E-state index < -0.39 is 6.10 Å². The Morgan fingerprint density at radius 3 is 2.27 bits per heavy atom. The number of nitrogens with one attached hydrogen (secondary N) is 1. The van der Waals surface area contributed by atoms with Crippen molar-refractivity contribution in [2.24, 2.45) is 0 Å². The van der Waals surface area contributed by atoms with Crippen molar-refractivity contribution in [2.45, 2.75) is 13.0 Å². The maximum atomic E-state index is 12.5. The number of halogens is 1. The average Bonchev–Trinajstić information content (AvgIpc) is 2.66. The summed E-state index contributed by atoms with van der Waals surface area (Å²) in [6.07, 6.45) is -0.680. The van der Waals surface area contributed by atoms with Crippen molar-refractivity contribution >= 4 is 23.2 Å². The molecule has 0 radical (unpaired) electrons. The van der Waals surface area contributed by atoms with E-state index in [1.54, 1.807) is 43.3 Å². The Morgan fingerprint density at radius 2 is 1.54 bits per heavy atom. The number of para-hydroxylation sites is 3. The minimum Gasteiger partial charge on any atom is -0.481 e. The van der Waals surface area contributed by atoms with Gasteiger partial charge in [0.25, 0.3) is 5.91 Å². The fourth-order valence-electron chi connectivity index (χ4n) is 2.28. The number of hydrogen-bond donors (Lipinski definition) is 1. The van der Waals surface area contributed by atoms with Gasteiger partial charge in [-0.3, -0.25) is 4.79 Å². The maximum absolute atomic E-state index is 12.5. The van der Waals surface area contributed by atoms with Gasteiger partial charge in [0, 0.05) is 5.02 Å². The number of benzene rings is 3. The van der Waals surface area contributed by atoms with Crippen LogP contribution in [0.1, 0.15) is 6.92 Å². The number of hydrogen-bond acceptors (Lipinski definition) is 3. The molecule has 0 aliphatic rings. The van der Waals surface area contributed by atoms with Crippen LogP contribution in [-0.4, -0.2) is 12.0 Å². The molecule has 4 nitrogen and oxygen atoms in total. The Labute approximate surface area is 157 Å². The van der Waals surface area contributed by atoms with Crippen LogP contribution < -0.4 is 14.8 Å². The smallest absolute Gasteiger partial charge is 0.265 e. The van der Waals surface area contributed by atoms with E-state index in [9.17, 15) is 4.79 Å². The van der Waals surface area contributed by atoms with Gasteiger partial charge in [-0.2, -0.15) is 0 Å². The largest absolute Gasteiger partial charge is 0.481 e. The molecule has 0 fully saturated rings. The van der Waals surface area contributed by atoms with Gasteiger partial charge in [0.15, 0.2) is 11.9 Å². The average molecular weight is 368 g/mol. The lowest BCUT2D eigenvalue weighted by atomic mass is 10.2. The minimum absolute atomic E-state index is 0.274. The molecule has 3 aromatic rings. The van der Waals surface area contributed by atoms with Crippen LogP contribution in [0, 0.1) is 0 Å². The Balaban J connectivity index is 1.68. The Hall–Kier alpha value is -2.98. The van der Waals surface area contributed by atoms with Crippen LogP contribution in [0.15, 0.2) is 78.9 Å². The molecule has 1 N–H and O–H groups in total. The van der Waals surface area contributed by atoms with Crippen molar-refractivity contribution in [1.82, 2.24) is 0 Å². The second-order valence-electron chi connectivity index (χ2n) is 5.61. The fraction of sp³-hybridized carbons (Fsp3) is 0.0952. The molecule has 0 saturated heterocycles. The van der Waals surface area contributed by atoms with Crippen LogP contribution in [0.5, 0.6) is 17.2 Å². The summed E-state index contributed by atoms with van der Waals surface area (Å²) < 4.78 is 11.5. The quantitative estimate of drug-likeness (QED) is 0.622. The fourth-order valence-corrected chi connectivity index (χ4v) is 2.41. The summed E-state index contributed by atoms with van der Waals surface area (Å²) in [5, 5.41) is 3.46. The highest BCUT2D eigenvalue weighted by atomic mass is 35.5. The van der Waals surface area contributed by atoms with Crippen LogP contribution in [-0.2, 0) is 4.79 Å². The van der Waals surface area contributed by atoms with Crippen LogP contribution in [0.3, 0.4) is 0 Å². The first-order valence-corrected chi connectivity index (χ1v) is 8.54. The highest BCUT2D eigenvalue weighted by Gasteiger charge is 2.17. The molecular weight excluding hydrogens is 350 g/mol. The molecule has 0 heterocycles. The highest BCUT2D eigenvalue weighted by Crippen LogP contribution is 2.29. The van der Waals surface area contributed by atoms with Gasteiger partial charge in [0.2, 0.25) is 0 Å². The number of carbonyl (C=O) groups excluding carboxylic acids is 1. The molecule has 3 rings (SSSR count). The van der Waals surface area contributed by atoms with Gasteiger partial charge in [-0.05, 0) is 55.5 Å². The summed E-state index contributed by atoms with van der Waals surface area (Å²) in [5.41, 5.74) is 0.577. The van der Waals surface area contributed by atoms with Gasteiger partial charge >= 0.3 is 0 Å². The van der Waals surface area contributed by atoms with E-state index in [1.165, 1.54) is 0 Å². The monoisotopic (exact) mass is 367 g/mol. The van der Waals surface area contributed by atoms with E-state index in [-0.39, 0.29) is 5.91 Å². The molecule has 0 aliphatic carbocycles. The van der Waals surface area contributed by atoms with E-state index in [2.05, 4.69) is 5.32 Å². The third-order valence-corrected chi connectivity index (χ3v) is 3.86. The molecule has 1 atom stereocenters. The summed E-state index contributed by atoms with van der Waals surface area (Å²) in [6.45, 7) is 1.69. The standard InChI is InChI=1S/C21H18ClNO3/c1-15(25-18-13-11-16(22)12-14-18)21(24)23-19-9-5-6-10-20(19)26-17-7-3-2-4-8-17/h2-15H,1H3,(H,23,24)/t15-/m0/s1. The van der Waals surface area contributed by atoms with E-state index in [0.717, 1.165) is 0 Å². The topological polar surface area (TPSA) is 47.6 Å². The number of rotatable bonds is 6. The lowest BCUT2D eigenvalue weighted by Crippen LogP contribution is -2.30. The van der Waals surface area contributed by atoms with E-state index >= 15 is 0 Å². The van der Waals surface area contributed by atoms with Gasteiger partial charge in [0.1, 0.15) is 11.5 Å². The Morgan fingerprint density at radius 1 is 0.885 bits per heavy atom. The zero-order valence-electron chi connectivity index (χ0n) is 14.2. The molecule has 132 valence electrons. The third kappa shape index (κ3) is 4.77. The Bertz CT molecular complexity index is 866. The zero-order chi connectivity index (χ0) is 18.4. The summed E-state index contributed by atoms with van der Waals surface area (Å²) >= 11 is 5.85. The molecular formula is C21H18ClNO3. The minimum atomic E-state index is -0.680. The third-order valence-electron chi connectivity index (χ3n) is 3.61. The molecule has 0 aliphatic heterocycles. The molecule has 3 aromatic carbocycles. The van der Waals surface area contributed by atoms with Crippen LogP contribution in [0.2, 0.25) is 5.02 Å². The van der Waals surface area contributed by atoms with Gasteiger partial charge in [-0.1, -0.05) is 41.9 Å². The number of anilines is 1. The maximum Gasteiger partial charge on any atom is 0.265 e. The van der Waals surface area contributed by atoms with Crippen molar-refractivity contribution in [3.63, 3.8) is 0 Å². The molecule has 1 amide bonds. The highest BCUT2D eigenvalue weighted by molar-refractivity contribution is 6.30. The van der Waals surface area contributed by atoms with Gasteiger partial charge in [0.05, 0.1) is 5.69 Å². The predicted octanol–water partition coefficient (Wildman–Crippen LogP) is 5.54. The van der Waals surface area contributed by atoms with Gasteiger partial charge in [-0.25, -0.2) is 0 Å². The van der Waals surface area contributed by atoms with E-state index in [4.69, 9.17) is 21.1 Å². The Kier molecular flexibility index (Phi) is 5.77. The first-order chi connectivity index (χ1) is 12.6. The van der Waals surface area contributed by atoms with E-state index in [1.807, 2.05) is 42.5 Å². The molecule has 0 saturated carbocycles. The summed E-state index contributed by atoms with van der Waals surface area (Å²) in [4.78, 5) is 12.5. The van der Waals surface area contributed by atoms with Gasteiger partial charge < -0.3 is 14.8 Å². The number of ether oxygens (including phenoxy) is 2. The van der Waals surface area contributed by atoms with Crippen LogP contribution >= 0.6 is 11.6 Å². The first-order valence-electron chi connectivity index (χ1n) is 8.17. The van der Waals surface area contributed by atoms with E-state index in [0.29, 0.717) is 28.0 Å². The number of carbonyl (C=O) groups is 1. The van der Waals surface area contributed by atoms with Crippen molar-refractivity contribution in [2.75, 3.05) is 5.32 Å². The van der Waals surface area contributed by atoms with Crippen LogP contribution in [0.25, 0.3) is 0 Å². The molecule has 0 unspecified atom stereocenters. The zero-order valence-corrected chi connectivity index (χ0v) is 14.9. The molecule has 0 aromatic heterocycles. The second-order valence-corrected chi connectivity index (χ2v) is 6.05.